The molecule has 108 valence electrons. The van der Waals surface area contributed by atoms with Gasteiger partial charge in [0.15, 0.2) is 0 Å². The van der Waals surface area contributed by atoms with E-state index in [1.807, 2.05) is 0 Å². The second-order valence-electron chi connectivity index (χ2n) is 6.62. The van der Waals surface area contributed by atoms with Crippen LogP contribution in [0, 0.1) is 11.8 Å². The van der Waals surface area contributed by atoms with Crippen molar-refractivity contribution < 1.29 is 18.9 Å². The first-order valence-electron chi connectivity index (χ1n) is 7.81. The quantitative estimate of drug-likeness (QED) is 0.713. The molecule has 0 aromatic heterocycles. The molecule has 0 aromatic carbocycles. The molecule has 3 saturated heterocycles. The summed E-state index contributed by atoms with van der Waals surface area (Å²) >= 11 is 0. The molecule has 3 aliphatic heterocycles. The number of fused-ring (bicyclic) bond motifs is 1. The molecule has 4 heteroatoms. The largest absolute Gasteiger partial charge is 0.381 e. The minimum atomic E-state index is 0.275. The normalized spacial score (nSPS) is 51.9. The summed E-state index contributed by atoms with van der Waals surface area (Å²) in [6.45, 7) is 4.73. The van der Waals surface area contributed by atoms with Crippen LogP contribution in [0.1, 0.15) is 32.6 Å². The average molecular weight is 268 g/mol. The smallest absolute Gasteiger partial charge is 0.110 e. The molecular weight excluding hydrogens is 244 g/mol. The summed E-state index contributed by atoms with van der Waals surface area (Å²) in [6.07, 6.45) is 6.98. The highest BCUT2D eigenvalue weighted by Crippen LogP contribution is 2.40. The van der Waals surface area contributed by atoms with E-state index in [1.165, 1.54) is 19.3 Å². The Kier molecular flexibility index (Phi) is 3.30. The molecule has 4 rings (SSSR count). The molecule has 0 spiro atoms. The van der Waals surface area contributed by atoms with E-state index < -0.39 is 0 Å². The lowest BCUT2D eigenvalue weighted by molar-refractivity contribution is 0.0157. The first-order valence-corrected chi connectivity index (χ1v) is 7.81. The zero-order chi connectivity index (χ0) is 12.8. The summed E-state index contributed by atoms with van der Waals surface area (Å²) in [6, 6.07) is 0. The van der Waals surface area contributed by atoms with Crippen LogP contribution in [-0.4, -0.2) is 50.3 Å². The van der Waals surface area contributed by atoms with Crippen molar-refractivity contribution in [3.8, 4) is 0 Å². The fourth-order valence-electron chi connectivity index (χ4n) is 3.77. The van der Waals surface area contributed by atoms with Crippen molar-refractivity contribution in [2.24, 2.45) is 11.8 Å². The molecule has 4 nitrogen and oxygen atoms in total. The minimum absolute atomic E-state index is 0.275. The van der Waals surface area contributed by atoms with E-state index in [-0.39, 0.29) is 6.10 Å². The van der Waals surface area contributed by atoms with Crippen LogP contribution < -0.4 is 0 Å². The van der Waals surface area contributed by atoms with Gasteiger partial charge in [0.05, 0.1) is 31.0 Å². The molecule has 0 bridgehead atoms. The van der Waals surface area contributed by atoms with Gasteiger partial charge in [-0.25, -0.2) is 0 Å². The Labute approximate surface area is 114 Å². The third-order valence-corrected chi connectivity index (χ3v) is 5.14. The Morgan fingerprint density at radius 3 is 2.68 bits per heavy atom. The van der Waals surface area contributed by atoms with Gasteiger partial charge in [0, 0.05) is 19.1 Å². The summed E-state index contributed by atoms with van der Waals surface area (Å²) in [5.41, 5.74) is 0. The lowest BCUT2D eigenvalue weighted by Crippen LogP contribution is -2.28. The van der Waals surface area contributed by atoms with Crippen LogP contribution in [0.2, 0.25) is 0 Å². The summed E-state index contributed by atoms with van der Waals surface area (Å²) in [4.78, 5) is 0. The van der Waals surface area contributed by atoms with Crippen LogP contribution in [0.25, 0.3) is 0 Å². The fourth-order valence-corrected chi connectivity index (χ4v) is 3.77. The number of hydrogen-bond donors (Lipinski definition) is 0. The van der Waals surface area contributed by atoms with E-state index in [0.29, 0.717) is 36.3 Å². The van der Waals surface area contributed by atoms with Gasteiger partial charge in [-0.15, -0.1) is 0 Å². The van der Waals surface area contributed by atoms with Crippen LogP contribution in [-0.2, 0) is 18.9 Å². The molecule has 0 aromatic rings. The number of epoxide rings is 2. The van der Waals surface area contributed by atoms with E-state index in [4.69, 9.17) is 18.9 Å². The molecule has 7 atom stereocenters. The Hall–Kier alpha value is -0.160. The van der Waals surface area contributed by atoms with E-state index in [2.05, 4.69) is 6.92 Å². The van der Waals surface area contributed by atoms with Crippen molar-refractivity contribution >= 4 is 0 Å². The van der Waals surface area contributed by atoms with Crippen LogP contribution >= 0.6 is 0 Å². The monoisotopic (exact) mass is 268 g/mol. The summed E-state index contributed by atoms with van der Waals surface area (Å²) in [5, 5.41) is 0. The Balaban J connectivity index is 1.19. The topological polar surface area (TPSA) is 43.5 Å². The number of rotatable bonds is 5. The predicted octanol–water partition coefficient (Wildman–Crippen LogP) is 1.76. The summed E-state index contributed by atoms with van der Waals surface area (Å²) < 4.78 is 22.9. The lowest BCUT2D eigenvalue weighted by atomic mass is 9.90. The Morgan fingerprint density at radius 1 is 1.00 bits per heavy atom. The molecule has 1 aliphatic carbocycles. The van der Waals surface area contributed by atoms with Crippen LogP contribution in [0.3, 0.4) is 0 Å². The van der Waals surface area contributed by atoms with E-state index in [9.17, 15) is 0 Å². The fraction of sp³-hybridized carbons (Fsp3) is 1.00. The van der Waals surface area contributed by atoms with Crippen LogP contribution in [0.5, 0.6) is 0 Å². The molecule has 0 radical (unpaired) electrons. The molecule has 19 heavy (non-hydrogen) atoms. The molecule has 0 N–H and O–H groups in total. The highest BCUT2D eigenvalue weighted by molar-refractivity contribution is 4.95. The molecular formula is C15H24O4. The van der Waals surface area contributed by atoms with E-state index >= 15 is 0 Å². The summed E-state index contributed by atoms with van der Waals surface area (Å²) in [7, 11) is 0. The van der Waals surface area contributed by atoms with Crippen molar-refractivity contribution in [2.45, 2.75) is 63.1 Å². The van der Waals surface area contributed by atoms with Crippen molar-refractivity contribution in [3.05, 3.63) is 0 Å². The predicted molar refractivity (Wildman–Crippen MR) is 69.0 cm³/mol. The lowest BCUT2D eigenvalue weighted by Gasteiger charge is -2.21. The first kappa shape index (κ1) is 12.6. The van der Waals surface area contributed by atoms with Gasteiger partial charge in [0.2, 0.25) is 0 Å². The number of ether oxygens (including phenoxy) is 4. The highest BCUT2D eigenvalue weighted by Gasteiger charge is 2.48. The van der Waals surface area contributed by atoms with Crippen molar-refractivity contribution in [1.82, 2.24) is 0 Å². The zero-order valence-electron chi connectivity index (χ0n) is 11.6. The second kappa shape index (κ2) is 4.99. The Morgan fingerprint density at radius 2 is 1.89 bits per heavy atom. The highest BCUT2D eigenvalue weighted by atomic mass is 16.6. The van der Waals surface area contributed by atoms with Gasteiger partial charge in [-0.05, 0) is 38.5 Å². The van der Waals surface area contributed by atoms with Crippen LogP contribution in [0.15, 0.2) is 0 Å². The molecule has 4 fully saturated rings. The standard InChI is InChI=1S/C15H24O4/c1-9-14(18-9)15-11(4-5-17-15)8-16-7-10-2-3-12-13(6-10)19-12/h9-15H,2-8H2,1H3. The maximum Gasteiger partial charge on any atom is 0.110 e. The zero-order valence-corrected chi connectivity index (χ0v) is 11.6. The molecule has 3 heterocycles. The van der Waals surface area contributed by atoms with Gasteiger partial charge in [0.25, 0.3) is 0 Å². The average Bonchev–Trinajstić information content (AvgIpc) is 3.28. The summed E-state index contributed by atoms with van der Waals surface area (Å²) in [5.74, 6) is 1.24. The molecule has 4 aliphatic rings. The van der Waals surface area contributed by atoms with Gasteiger partial charge in [-0.2, -0.15) is 0 Å². The maximum atomic E-state index is 5.98. The van der Waals surface area contributed by atoms with E-state index in [0.717, 1.165) is 26.2 Å². The van der Waals surface area contributed by atoms with Gasteiger partial charge in [-0.3, -0.25) is 0 Å². The molecule has 1 saturated carbocycles. The SMILES string of the molecule is CC1OC1C1OCCC1COCC1CCC2OC2C1. The van der Waals surface area contributed by atoms with Crippen LogP contribution in [0.4, 0.5) is 0 Å². The first-order chi connectivity index (χ1) is 9.31. The molecule has 0 amide bonds. The van der Waals surface area contributed by atoms with Crippen molar-refractivity contribution in [3.63, 3.8) is 0 Å². The molecule has 7 unspecified atom stereocenters. The third kappa shape index (κ3) is 2.68. The minimum Gasteiger partial charge on any atom is -0.381 e. The Bertz CT molecular complexity index is 334. The van der Waals surface area contributed by atoms with Crippen molar-refractivity contribution in [2.75, 3.05) is 19.8 Å². The van der Waals surface area contributed by atoms with Gasteiger partial charge >= 0.3 is 0 Å². The van der Waals surface area contributed by atoms with Gasteiger partial charge < -0.3 is 18.9 Å². The van der Waals surface area contributed by atoms with Crippen molar-refractivity contribution in [1.29, 1.82) is 0 Å². The third-order valence-electron chi connectivity index (χ3n) is 5.14. The second-order valence-corrected chi connectivity index (χ2v) is 6.62. The maximum absolute atomic E-state index is 5.98. The van der Waals surface area contributed by atoms with Gasteiger partial charge in [0.1, 0.15) is 6.10 Å². The number of hydrogen-bond acceptors (Lipinski definition) is 4. The van der Waals surface area contributed by atoms with E-state index in [1.54, 1.807) is 0 Å². The van der Waals surface area contributed by atoms with Gasteiger partial charge in [-0.1, -0.05) is 0 Å².